The molecule has 0 unspecified atom stereocenters. The number of hydrogen-bond acceptors (Lipinski definition) is 6. The third kappa shape index (κ3) is 10.6. The van der Waals surface area contributed by atoms with Crippen molar-refractivity contribution in [2.24, 2.45) is 17.3 Å². The topological polar surface area (TPSA) is 125 Å². The van der Waals surface area contributed by atoms with Gasteiger partial charge in [-0.2, -0.15) is 0 Å². The first kappa shape index (κ1) is 32.3. The highest BCUT2D eigenvalue weighted by Crippen LogP contribution is 2.35. The second-order valence-corrected chi connectivity index (χ2v) is 12.4. The first-order chi connectivity index (χ1) is 18.1. The molecule has 1 aliphatic rings. The van der Waals surface area contributed by atoms with Crippen LogP contribution in [-0.2, 0) is 25.5 Å². The van der Waals surface area contributed by atoms with Crippen molar-refractivity contribution in [1.82, 2.24) is 5.32 Å². The number of aliphatic carboxylic acids is 1. The molecule has 0 bridgehead atoms. The largest absolute Gasteiger partial charge is 0.481 e. The van der Waals surface area contributed by atoms with Gasteiger partial charge in [-0.1, -0.05) is 45.0 Å². The number of fused-ring (bicyclic) bond motifs is 1. The lowest BCUT2D eigenvalue weighted by atomic mass is 9.79. The standard InChI is InChI=1S/C30H46N2O7/c1-8-13-38-19-21-15-22-11-9-10-12-24(22)32(18-21)26(34)17-30(6,7)16-23(25(33)14-20(2)27(35)36)31-28(37)39-29(3,4)5/h8-12,20-21,23,25,33H,1,13-19H2,2-7H3,(H,31,37)(H,35,36)/t20-,21-,23+,25+/m1/s1. The monoisotopic (exact) mass is 546 g/mol. The SMILES string of the molecule is C=CCOC[C@@H]1Cc2ccccc2N(C(=O)CC(C)(C)C[C@H](NC(=O)OC(C)(C)C)[C@@H](O)C[C@@H](C)C(=O)O)C1. The lowest BCUT2D eigenvalue weighted by Gasteiger charge is -2.38. The molecule has 39 heavy (non-hydrogen) atoms. The molecule has 218 valence electrons. The van der Waals surface area contributed by atoms with Crippen LogP contribution >= 0.6 is 0 Å². The summed E-state index contributed by atoms with van der Waals surface area (Å²) >= 11 is 0. The number of carbonyl (C=O) groups excluding carboxylic acids is 2. The number of carboxylic acid groups (broad SMARTS) is 1. The molecule has 0 saturated heterocycles. The number of benzene rings is 1. The molecule has 1 aliphatic heterocycles. The maximum atomic E-state index is 13.7. The Bertz CT molecular complexity index is 1000. The van der Waals surface area contributed by atoms with Crippen LogP contribution in [0, 0.1) is 17.3 Å². The van der Waals surface area contributed by atoms with Gasteiger partial charge in [-0.3, -0.25) is 9.59 Å². The number of hydrogen-bond donors (Lipinski definition) is 3. The predicted octanol–water partition coefficient (Wildman–Crippen LogP) is 4.57. The zero-order valence-corrected chi connectivity index (χ0v) is 24.2. The fourth-order valence-electron chi connectivity index (χ4n) is 4.89. The van der Waals surface area contributed by atoms with Crippen molar-refractivity contribution in [3.05, 3.63) is 42.5 Å². The maximum absolute atomic E-state index is 13.7. The van der Waals surface area contributed by atoms with Crippen molar-refractivity contribution >= 4 is 23.7 Å². The van der Waals surface area contributed by atoms with Gasteiger partial charge in [0, 0.05) is 24.6 Å². The number of aliphatic hydroxyl groups is 1. The van der Waals surface area contributed by atoms with Crippen LogP contribution in [0.15, 0.2) is 36.9 Å². The number of anilines is 1. The minimum absolute atomic E-state index is 0.0499. The summed E-state index contributed by atoms with van der Waals surface area (Å²) in [6.07, 6.45) is 1.03. The Kier molecular flexibility index (Phi) is 11.5. The molecule has 2 rings (SSSR count). The van der Waals surface area contributed by atoms with Crippen LogP contribution in [0.4, 0.5) is 10.5 Å². The summed E-state index contributed by atoms with van der Waals surface area (Å²) in [5.74, 6) is -1.76. The van der Waals surface area contributed by atoms with E-state index in [1.807, 2.05) is 43.0 Å². The van der Waals surface area contributed by atoms with E-state index in [4.69, 9.17) is 9.47 Å². The molecule has 0 aliphatic carbocycles. The molecule has 9 nitrogen and oxygen atoms in total. The Hall–Kier alpha value is -2.91. The van der Waals surface area contributed by atoms with Crippen molar-refractivity contribution in [2.45, 2.75) is 85.0 Å². The van der Waals surface area contributed by atoms with Gasteiger partial charge in [0.25, 0.3) is 0 Å². The summed E-state index contributed by atoms with van der Waals surface area (Å²) in [5, 5.41) is 23.0. The van der Waals surface area contributed by atoms with E-state index in [1.54, 1.807) is 26.8 Å². The number of para-hydroxylation sites is 1. The normalized spacial score (nSPS) is 17.9. The predicted molar refractivity (Wildman–Crippen MR) is 151 cm³/mol. The van der Waals surface area contributed by atoms with Gasteiger partial charge in [0.05, 0.1) is 31.3 Å². The molecule has 1 heterocycles. The van der Waals surface area contributed by atoms with Crippen molar-refractivity contribution < 1.29 is 34.1 Å². The molecule has 3 N–H and O–H groups in total. The molecule has 4 atom stereocenters. The van der Waals surface area contributed by atoms with E-state index in [1.165, 1.54) is 6.92 Å². The fraction of sp³-hybridized carbons (Fsp3) is 0.633. The van der Waals surface area contributed by atoms with Crippen molar-refractivity contribution in [3.8, 4) is 0 Å². The lowest BCUT2D eigenvalue weighted by molar-refractivity contribution is -0.142. The smallest absolute Gasteiger partial charge is 0.407 e. The number of rotatable bonds is 13. The number of nitrogens with one attached hydrogen (secondary N) is 1. The summed E-state index contributed by atoms with van der Waals surface area (Å²) in [6, 6.07) is 7.05. The second-order valence-electron chi connectivity index (χ2n) is 12.4. The number of carbonyl (C=O) groups is 3. The molecule has 0 radical (unpaired) electrons. The Balaban J connectivity index is 2.20. The molecule has 0 saturated carbocycles. The highest BCUT2D eigenvalue weighted by molar-refractivity contribution is 5.95. The zero-order chi connectivity index (χ0) is 29.4. The van der Waals surface area contributed by atoms with Gasteiger partial charge in [-0.25, -0.2) is 4.79 Å². The molecule has 1 aromatic rings. The second kappa shape index (κ2) is 13.9. The van der Waals surface area contributed by atoms with Gasteiger partial charge in [0.1, 0.15) is 5.60 Å². The van der Waals surface area contributed by atoms with E-state index in [0.29, 0.717) is 19.8 Å². The third-order valence-corrected chi connectivity index (χ3v) is 6.71. The number of carboxylic acids is 1. The summed E-state index contributed by atoms with van der Waals surface area (Å²) in [7, 11) is 0. The van der Waals surface area contributed by atoms with E-state index in [9.17, 15) is 24.6 Å². The van der Waals surface area contributed by atoms with Gasteiger partial charge in [0.15, 0.2) is 0 Å². The molecule has 0 spiro atoms. The Morgan fingerprint density at radius 2 is 1.87 bits per heavy atom. The molecular formula is C30H46N2O7. The Morgan fingerprint density at radius 3 is 2.49 bits per heavy atom. The van der Waals surface area contributed by atoms with Gasteiger partial charge in [0.2, 0.25) is 5.91 Å². The average molecular weight is 547 g/mol. The van der Waals surface area contributed by atoms with Crippen LogP contribution in [0.5, 0.6) is 0 Å². The van der Waals surface area contributed by atoms with E-state index >= 15 is 0 Å². The van der Waals surface area contributed by atoms with Crippen molar-refractivity contribution in [2.75, 3.05) is 24.7 Å². The van der Waals surface area contributed by atoms with E-state index in [0.717, 1.165) is 17.7 Å². The van der Waals surface area contributed by atoms with Crippen LogP contribution < -0.4 is 10.2 Å². The first-order valence-electron chi connectivity index (χ1n) is 13.6. The average Bonchev–Trinajstić information content (AvgIpc) is 2.81. The van der Waals surface area contributed by atoms with Gasteiger partial charge < -0.3 is 29.9 Å². The number of nitrogens with zero attached hydrogens (tertiary/aromatic N) is 1. The summed E-state index contributed by atoms with van der Waals surface area (Å²) in [4.78, 5) is 39.5. The van der Waals surface area contributed by atoms with E-state index in [2.05, 4.69) is 11.9 Å². The highest BCUT2D eigenvalue weighted by atomic mass is 16.6. The highest BCUT2D eigenvalue weighted by Gasteiger charge is 2.36. The van der Waals surface area contributed by atoms with E-state index in [-0.39, 0.29) is 31.1 Å². The van der Waals surface area contributed by atoms with Gasteiger partial charge in [-0.05, 0) is 57.1 Å². The zero-order valence-electron chi connectivity index (χ0n) is 24.2. The van der Waals surface area contributed by atoms with Crippen molar-refractivity contribution in [1.29, 1.82) is 0 Å². The summed E-state index contributed by atoms with van der Waals surface area (Å²) < 4.78 is 11.1. The number of amides is 2. The lowest BCUT2D eigenvalue weighted by Crippen LogP contribution is -2.49. The van der Waals surface area contributed by atoms with Crippen LogP contribution in [0.2, 0.25) is 0 Å². The molecule has 2 amide bonds. The van der Waals surface area contributed by atoms with Crippen LogP contribution in [-0.4, -0.2) is 65.7 Å². The third-order valence-electron chi connectivity index (χ3n) is 6.71. The Labute approximate surface area is 232 Å². The quantitative estimate of drug-likeness (QED) is 0.245. The molecule has 1 aromatic carbocycles. The minimum Gasteiger partial charge on any atom is -0.481 e. The number of ether oxygens (including phenoxy) is 2. The van der Waals surface area contributed by atoms with Crippen molar-refractivity contribution in [3.63, 3.8) is 0 Å². The molecular weight excluding hydrogens is 500 g/mol. The number of alkyl carbamates (subject to hydrolysis) is 1. The molecule has 9 heteroatoms. The fourth-order valence-corrected chi connectivity index (χ4v) is 4.89. The number of aliphatic hydroxyl groups excluding tert-OH is 1. The Morgan fingerprint density at radius 1 is 1.21 bits per heavy atom. The van der Waals surface area contributed by atoms with Crippen LogP contribution in [0.3, 0.4) is 0 Å². The van der Waals surface area contributed by atoms with Gasteiger partial charge in [-0.15, -0.1) is 6.58 Å². The molecule has 0 fully saturated rings. The first-order valence-corrected chi connectivity index (χ1v) is 13.6. The van der Waals surface area contributed by atoms with Crippen LogP contribution in [0.25, 0.3) is 0 Å². The maximum Gasteiger partial charge on any atom is 0.407 e. The summed E-state index contributed by atoms with van der Waals surface area (Å²) in [5.41, 5.74) is 0.597. The molecule has 0 aromatic heterocycles. The van der Waals surface area contributed by atoms with Gasteiger partial charge >= 0.3 is 12.1 Å². The minimum atomic E-state index is -1.14. The summed E-state index contributed by atoms with van der Waals surface area (Å²) in [6.45, 7) is 15.7. The van der Waals surface area contributed by atoms with Crippen LogP contribution in [0.1, 0.15) is 66.4 Å². The van der Waals surface area contributed by atoms with E-state index < -0.39 is 41.1 Å².